The molecule has 74 valence electrons. The van der Waals surface area contributed by atoms with Gasteiger partial charge >= 0.3 is 0 Å². The van der Waals surface area contributed by atoms with Crippen molar-refractivity contribution in [2.45, 2.75) is 33.7 Å². The van der Waals surface area contributed by atoms with Crippen LogP contribution in [-0.4, -0.2) is 49.1 Å². The first kappa shape index (κ1) is 11.9. The molecule has 0 radical (unpaired) electrons. The van der Waals surface area contributed by atoms with Crippen LogP contribution in [0.1, 0.15) is 27.7 Å². The van der Waals surface area contributed by atoms with E-state index in [-0.39, 0.29) is 0 Å². The molecule has 0 aliphatic heterocycles. The SMILES string of the molecule is CCN(CC)CCN(C)C(C)C. The molecule has 0 saturated heterocycles. The number of likely N-dealkylation sites (N-methyl/N-ethyl adjacent to an activating group) is 2. The number of nitrogens with zero attached hydrogens (tertiary/aromatic N) is 2. The average Bonchev–Trinajstić information content (AvgIpc) is 2.05. The van der Waals surface area contributed by atoms with E-state index in [1.54, 1.807) is 0 Å². The highest BCUT2D eigenvalue weighted by molar-refractivity contribution is 4.60. The largest absolute Gasteiger partial charge is 0.303 e. The van der Waals surface area contributed by atoms with Gasteiger partial charge in [-0.25, -0.2) is 0 Å². The van der Waals surface area contributed by atoms with Gasteiger partial charge in [0.1, 0.15) is 0 Å². The Labute approximate surface area is 77.5 Å². The van der Waals surface area contributed by atoms with E-state index in [0.29, 0.717) is 6.04 Å². The lowest BCUT2D eigenvalue weighted by Gasteiger charge is -2.25. The molecular formula is C10H24N2. The summed E-state index contributed by atoms with van der Waals surface area (Å²) in [5, 5.41) is 0. The molecular weight excluding hydrogens is 148 g/mol. The Hall–Kier alpha value is -0.0800. The van der Waals surface area contributed by atoms with Gasteiger partial charge in [0.05, 0.1) is 0 Å². The van der Waals surface area contributed by atoms with Crippen LogP contribution in [-0.2, 0) is 0 Å². The van der Waals surface area contributed by atoms with Gasteiger partial charge in [0.15, 0.2) is 0 Å². The molecule has 0 N–H and O–H groups in total. The van der Waals surface area contributed by atoms with Crippen LogP contribution >= 0.6 is 0 Å². The van der Waals surface area contributed by atoms with Crippen LogP contribution in [0.25, 0.3) is 0 Å². The Morgan fingerprint density at radius 3 is 1.83 bits per heavy atom. The van der Waals surface area contributed by atoms with Crippen LogP contribution in [0.3, 0.4) is 0 Å². The fourth-order valence-electron chi connectivity index (χ4n) is 1.10. The van der Waals surface area contributed by atoms with Gasteiger partial charge < -0.3 is 9.80 Å². The van der Waals surface area contributed by atoms with E-state index in [1.807, 2.05) is 0 Å². The molecule has 0 amide bonds. The summed E-state index contributed by atoms with van der Waals surface area (Å²) in [4.78, 5) is 4.84. The molecule has 0 aromatic heterocycles. The summed E-state index contributed by atoms with van der Waals surface area (Å²) >= 11 is 0. The molecule has 0 fully saturated rings. The molecule has 0 rings (SSSR count). The summed E-state index contributed by atoms with van der Waals surface area (Å²) in [5.41, 5.74) is 0. The molecule has 0 bridgehead atoms. The van der Waals surface area contributed by atoms with Crippen molar-refractivity contribution in [3.8, 4) is 0 Å². The normalized spacial score (nSPS) is 12.0. The van der Waals surface area contributed by atoms with Crippen LogP contribution in [0.15, 0.2) is 0 Å². The third-order valence-corrected chi connectivity index (χ3v) is 2.54. The van der Waals surface area contributed by atoms with Gasteiger partial charge in [-0.2, -0.15) is 0 Å². The predicted octanol–water partition coefficient (Wildman–Crippen LogP) is 1.67. The Balaban J connectivity index is 3.51. The lowest BCUT2D eigenvalue weighted by molar-refractivity contribution is 0.213. The fraction of sp³-hybridized carbons (Fsp3) is 1.00. The quantitative estimate of drug-likeness (QED) is 0.601. The Kier molecular flexibility index (Phi) is 6.39. The molecule has 0 aromatic rings. The summed E-state index contributed by atoms with van der Waals surface area (Å²) in [5.74, 6) is 0. The van der Waals surface area contributed by atoms with Crippen molar-refractivity contribution < 1.29 is 0 Å². The highest BCUT2D eigenvalue weighted by Crippen LogP contribution is 1.94. The predicted molar refractivity (Wildman–Crippen MR) is 55.6 cm³/mol. The van der Waals surface area contributed by atoms with Gasteiger partial charge in [0.25, 0.3) is 0 Å². The van der Waals surface area contributed by atoms with E-state index in [0.717, 1.165) is 0 Å². The van der Waals surface area contributed by atoms with Crippen LogP contribution in [0.2, 0.25) is 0 Å². The fourth-order valence-corrected chi connectivity index (χ4v) is 1.10. The van der Waals surface area contributed by atoms with Gasteiger partial charge in [-0.3, -0.25) is 0 Å². The van der Waals surface area contributed by atoms with Crippen molar-refractivity contribution in [1.29, 1.82) is 0 Å². The van der Waals surface area contributed by atoms with Crippen molar-refractivity contribution in [1.82, 2.24) is 9.80 Å². The van der Waals surface area contributed by atoms with E-state index in [4.69, 9.17) is 0 Å². The third kappa shape index (κ3) is 4.73. The van der Waals surface area contributed by atoms with Crippen molar-refractivity contribution >= 4 is 0 Å². The summed E-state index contributed by atoms with van der Waals surface area (Å²) in [7, 11) is 2.19. The van der Waals surface area contributed by atoms with Crippen LogP contribution < -0.4 is 0 Å². The molecule has 12 heavy (non-hydrogen) atoms. The van der Waals surface area contributed by atoms with E-state index in [9.17, 15) is 0 Å². The molecule has 2 heteroatoms. The lowest BCUT2D eigenvalue weighted by atomic mass is 10.3. The maximum Gasteiger partial charge on any atom is 0.0109 e. The van der Waals surface area contributed by atoms with Crippen molar-refractivity contribution in [2.75, 3.05) is 33.2 Å². The van der Waals surface area contributed by atoms with Crippen molar-refractivity contribution in [2.24, 2.45) is 0 Å². The Morgan fingerprint density at radius 2 is 1.50 bits per heavy atom. The standard InChI is InChI=1S/C10H24N2/c1-6-12(7-2)9-8-11(5)10(3)4/h10H,6-9H2,1-5H3. The zero-order valence-corrected chi connectivity index (χ0v) is 9.30. The first-order valence-electron chi connectivity index (χ1n) is 5.04. The minimum absolute atomic E-state index is 0.667. The minimum atomic E-state index is 0.667. The molecule has 0 heterocycles. The zero-order valence-electron chi connectivity index (χ0n) is 9.30. The third-order valence-electron chi connectivity index (χ3n) is 2.54. The van der Waals surface area contributed by atoms with Crippen LogP contribution in [0.5, 0.6) is 0 Å². The number of hydrogen-bond donors (Lipinski definition) is 0. The summed E-state index contributed by atoms with van der Waals surface area (Å²) < 4.78 is 0. The molecule has 0 spiro atoms. The van der Waals surface area contributed by atoms with E-state index >= 15 is 0 Å². The van der Waals surface area contributed by atoms with Gasteiger partial charge in [-0.1, -0.05) is 13.8 Å². The average molecular weight is 172 g/mol. The molecule has 2 nitrogen and oxygen atoms in total. The first-order valence-corrected chi connectivity index (χ1v) is 5.04. The monoisotopic (exact) mass is 172 g/mol. The zero-order chi connectivity index (χ0) is 9.56. The highest BCUT2D eigenvalue weighted by Gasteiger charge is 2.04. The van der Waals surface area contributed by atoms with Crippen molar-refractivity contribution in [3.05, 3.63) is 0 Å². The topological polar surface area (TPSA) is 6.48 Å². The summed E-state index contributed by atoms with van der Waals surface area (Å²) in [6.07, 6.45) is 0. The second kappa shape index (κ2) is 6.44. The maximum atomic E-state index is 2.46. The van der Waals surface area contributed by atoms with E-state index < -0.39 is 0 Å². The molecule has 0 aromatic carbocycles. The Morgan fingerprint density at radius 1 is 1.00 bits per heavy atom. The van der Waals surface area contributed by atoms with Gasteiger partial charge in [-0.15, -0.1) is 0 Å². The number of hydrogen-bond acceptors (Lipinski definition) is 2. The molecule has 0 aliphatic carbocycles. The Bertz CT molecular complexity index is 96.0. The first-order chi connectivity index (χ1) is 5.61. The lowest BCUT2D eigenvalue weighted by Crippen LogP contribution is -2.36. The van der Waals surface area contributed by atoms with Gasteiger partial charge in [-0.05, 0) is 34.0 Å². The second-order valence-electron chi connectivity index (χ2n) is 3.60. The van der Waals surface area contributed by atoms with E-state index in [2.05, 4.69) is 44.5 Å². The summed E-state index contributed by atoms with van der Waals surface area (Å²) in [6, 6.07) is 0.667. The minimum Gasteiger partial charge on any atom is -0.303 e. The molecule has 0 unspecified atom stereocenters. The molecule has 0 atom stereocenters. The number of rotatable bonds is 6. The van der Waals surface area contributed by atoms with Gasteiger partial charge in [0, 0.05) is 19.1 Å². The second-order valence-corrected chi connectivity index (χ2v) is 3.60. The van der Waals surface area contributed by atoms with Crippen LogP contribution in [0.4, 0.5) is 0 Å². The van der Waals surface area contributed by atoms with Crippen LogP contribution in [0, 0.1) is 0 Å². The highest BCUT2D eigenvalue weighted by atomic mass is 15.2. The smallest absolute Gasteiger partial charge is 0.0109 e. The molecule has 0 saturated carbocycles. The van der Waals surface area contributed by atoms with E-state index in [1.165, 1.54) is 26.2 Å². The maximum absolute atomic E-state index is 2.46. The van der Waals surface area contributed by atoms with Crippen molar-refractivity contribution in [3.63, 3.8) is 0 Å². The summed E-state index contributed by atoms with van der Waals surface area (Å²) in [6.45, 7) is 13.6. The molecule has 0 aliphatic rings. The van der Waals surface area contributed by atoms with Gasteiger partial charge in [0.2, 0.25) is 0 Å².